The predicted octanol–water partition coefficient (Wildman–Crippen LogP) is 2.80. The van der Waals surface area contributed by atoms with E-state index < -0.39 is 11.7 Å². The Morgan fingerprint density at radius 2 is 1.96 bits per heavy atom. The van der Waals surface area contributed by atoms with Crippen molar-refractivity contribution in [2.24, 2.45) is 0 Å². The maximum Gasteiger partial charge on any atom is 0.416 e. The Balaban J connectivity index is 1.59. The van der Waals surface area contributed by atoms with Crippen molar-refractivity contribution in [3.63, 3.8) is 0 Å². The summed E-state index contributed by atoms with van der Waals surface area (Å²) in [5, 5.41) is 0. The second-order valence-electron chi connectivity index (χ2n) is 6.57. The Labute approximate surface area is 158 Å². The third-order valence-electron chi connectivity index (χ3n) is 4.69. The smallest absolute Gasteiger partial charge is 0.306 e. The summed E-state index contributed by atoms with van der Waals surface area (Å²) in [6.45, 7) is 0.797. The van der Waals surface area contributed by atoms with Gasteiger partial charge in [-0.15, -0.1) is 0 Å². The highest BCUT2D eigenvalue weighted by atomic mass is 19.4. The quantitative estimate of drug-likeness (QED) is 0.748. The first-order valence-corrected chi connectivity index (χ1v) is 8.67. The van der Waals surface area contributed by atoms with Crippen LogP contribution in [0.2, 0.25) is 0 Å². The van der Waals surface area contributed by atoms with Gasteiger partial charge < -0.3 is 4.98 Å². The molecule has 0 aromatic carbocycles. The second-order valence-corrected chi connectivity index (χ2v) is 6.57. The number of alkyl halides is 3. The Bertz CT molecular complexity index is 1050. The summed E-state index contributed by atoms with van der Waals surface area (Å²) >= 11 is 0. The molecule has 4 rings (SSSR count). The molecule has 3 aromatic rings. The number of fused-ring (bicyclic) bond motifs is 1. The van der Waals surface area contributed by atoms with Crippen LogP contribution in [-0.2, 0) is 25.7 Å². The number of halogens is 3. The van der Waals surface area contributed by atoms with Crippen molar-refractivity contribution in [2.75, 3.05) is 6.54 Å². The van der Waals surface area contributed by atoms with Gasteiger partial charge in [0, 0.05) is 56.4 Å². The highest BCUT2D eigenvalue weighted by molar-refractivity contribution is 5.53. The molecule has 28 heavy (non-hydrogen) atoms. The molecule has 0 saturated heterocycles. The molecule has 3 aromatic heterocycles. The monoisotopic (exact) mass is 387 g/mol. The van der Waals surface area contributed by atoms with Crippen molar-refractivity contribution in [3.05, 3.63) is 75.7 Å². The first kappa shape index (κ1) is 18.3. The maximum absolute atomic E-state index is 13.2. The van der Waals surface area contributed by atoms with Gasteiger partial charge in [-0.2, -0.15) is 13.2 Å². The number of aromatic amines is 1. The molecule has 0 aliphatic carbocycles. The summed E-state index contributed by atoms with van der Waals surface area (Å²) in [4.78, 5) is 29.5. The van der Waals surface area contributed by atoms with Crippen LogP contribution in [0.25, 0.3) is 11.4 Å². The molecule has 1 N–H and O–H groups in total. The summed E-state index contributed by atoms with van der Waals surface area (Å²) in [6.07, 6.45) is 1.64. The first-order valence-electron chi connectivity index (χ1n) is 8.67. The zero-order valence-corrected chi connectivity index (χ0v) is 14.7. The van der Waals surface area contributed by atoms with Crippen LogP contribution in [0, 0.1) is 0 Å². The second kappa shape index (κ2) is 7.16. The normalized spacial score (nSPS) is 14.7. The summed E-state index contributed by atoms with van der Waals surface area (Å²) in [7, 11) is 0. The lowest BCUT2D eigenvalue weighted by molar-refractivity contribution is -0.138. The van der Waals surface area contributed by atoms with Crippen LogP contribution >= 0.6 is 0 Å². The Hall–Kier alpha value is -3.07. The molecule has 0 saturated carbocycles. The molecule has 0 fully saturated rings. The van der Waals surface area contributed by atoms with Crippen molar-refractivity contribution in [1.29, 1.82) is 0 Å². The molecule has 1 aliphatic rings. The van der Waals surface area contributed by atoms with E-state index in [4.69, 9.17) is 0 Å². The molecule has 0 spiro atoms. The molecule has 0 atom stereocenters. The van der Waals surface area contributed by atoms with Gasteiger partial charge in [-0.3, -0.25) is 19.7 Å². The molecule has 0 unspecified atom stereocenters. The zero-order valence-electron chi connectivity index (χ0n) is 14.7. The summed E-state index contributed by atoms with van der Waals surface area (Å²) in [5.74, 6) is 0.442. The van der Waals surface area contributed by atoms with Gasteiger partial charge in [-0.25, -0.2) is 4.98 Å². The van der Waals surface area contributed by atoms with E-state index in [1.54, 1.807) is 29.4 Å². The van der Waals surface area contributed by atoms with E-state index >= 15 is 0 Å². The van der Waals surface area contributed by atoms with E-state index in [0.29, 0.717) is 35.6 Å². The van der Waals surface area contributed by atoms with E-state index in [-0.39, 0.29) is 24.2 Å². The van der Waals surface area contributed by atoms with Gasteiger partial charge in [0.15, 0.2) is 0 Å². The maximum atomic E-state index is 13.2. The Morgan fingerprint density at radius 3 is 2.71 bits per heavy atom. The van der Waals surface area contributed by atoms with Crippen LogP contribution in [0.15, 0.2) is 47.8 Å². The number of aromatic nitrogens is 4. The number of rotatable bonds is 3. The highest BCUT2D eigenvalue weighted by Gasteiger charge is 2.34. The van der Waals surface area contributed by atoms with Gasteiger partial charge in [0.2, 0.25) is 0 Å². The van der Waals surface area contributed by atoms with E-state index in [0.717, 1.165) is 12.3 Å². The Morgan fingerprint density at radius 1 is 1.14 bits per heavy atom. The van der Waals surface area contributed by atoms with Gasteiger partial charge in [-0.1, -0.05) is 0 Å². The van der Waals surface area contributed by atoms with Crippen LogP contribution in [0.1, 0.15) is 22.4 Å². The van der Waals surface area contributed by atoms with Crippen LogP contribution in [0.4, 0.5) is 13.2 Å². The zero-order chi connectivity index (χ0) is 19.7. The molecule has 1 aliphatic heterocycles. The standard InChI is InChI=1S/C19H16F3N5O/c20-19(21,22)15-3-6-24-9-13(15)10-27-7-4-16-14(11-27)18(28)26-17(25-16)12-2-1-5-23-8-12/h1-3,5-6,8-9H,4,7,10-11H2,(H,25,26,28). The van der Waals surface area contributed by atoms with Crippen LogP contribution in [0.3, 0.4) is 0 Å². The van der Waals surface area contributed by atoms with Crippen molar-refractivity contribution in [2.45, 2.75) is 25.7 Å². The van der Waals surface area contributed by atoms with Crippen LogP contribution in [0.5, 0.6) is 0 Å². The lowest BCUT2D eigenvalue weighted by Crippen LogP contribution is -2.36. The van der Waals surface area contributed by atoms with E-state index in [2.05, 4.69) is 19.9 Å². The third kappa shape index (κ3) is 3.65. The van der Waals surface area contributed by atoms with Crippen molar-refractivity contribution in [3.8, 4) is 11.4 Å². The SMILES string of the molecule is O=c1[nH]c(-c2cccnc2)nc2c1CN(Cc1cnccc1C(F)(F)F)CC2. The minimum atomic E-state index is -4.44. The van der Waals surface area contributed by atoms with Crippen LogP contribution in [-0.4, -0.2) is 31.4 Å². The number of hydrogen-bond acceptors (Lipinski definition) is 5. The number of nitrogens with one attached hydrogen (secondary N) is 1. The van der Waals surface area contributed by atoms with Gasteiger partial charge in [0.25, 0.3) is 5.56 Å². The first-order chi connectivity index (χ1) is 13.4. The fourth-order valence-electron chi connectivity index (χ4n) is 3.33. The molecule has 0 bridgehead atoms. The minimum absolute atomic E-state index is 0.0614. The fourth-order valence-corrected chi connectivity index (χ4v) is 3.33. The molecule has 144 valence electrons. The van der Waals surface area contributed by atoms with Crippen LogP contribution < -0.4 is 5.56 Å². The average molecular weight is 387 g/mol. The van der Waals surface area contributed by atoms with Gasteiger partial charge in [-0.05, 0) is 23.8 Å². The average Bonchev–Trinajstić information content (AvgIpc) is 2.68. The summed E-state index contributed by atoms with van der Waals surface area (Å²) in [6, 6.07) is 4.53. The van der Waals surface area contributed by atoms with Gasteiger partial charge >= 0.3 is 6.18 Å². The third-order valence-corrected chi connectivity index (χ3v) is 4.69. The summed E-state index contributed by atoms with van der Waals surface area (Å²) in [5.41, 5.74) is 0.963. The molecule has 6 nitrogen and oxygen atoms in total. The van der Waals surface area contributed by atoms with Gasteiger partial charge in [0.1, 0.15) is 5.82 Å². The Kier molecular flexibility index (Phi) is 4.68. The van der Waals surface area contributed by atoms with Crippen molar-refractivity contribution >= 4 is 0 Å². The molecule has 4 heterocycles. The van der Waals surface area contributed by atoms with Crippen molar-refractivity contribution in [1.82, 2.24) is 24.8 Å². The largest absolute Gasteiger partial charge is 0.416 e. The lowest BCUT2D eigenvalue weighted by Gasteiger charge is -2.28. The van der Waals surface area contributed by atoms with E-state index in [9.17, 15) is 18.0 Å². The van der Waals surface area contributed by atoms with Crippen molar-refractivity contribution < 1.29 is 13.2 Å². The molecule has 9 heteroatoms. The molecular weight excluding hydrogens is 371 g/mol. The number of hydrogen-bond donors (Lipinski definition) is 1. The van der Waals surface area contributed by atoms with E-state index in [1.807, 2.05) is 0 Å². The highest BCUT2D eigenvalue weighted by Crippen LogP contribution is 2.32. The van der Waals surface area contributed by atoms with Gasteiger partial charge in [0.05, 0.1) is 16.8 Å². The minimum Gasteiger partial charge on any atom is -0.306 e. The molecular formula is C19H16F3N5O. The number of H-pyrrole nitrogens is 1. The molecule has 0 radical (unpaired) electrons. The van der Waals surface area contributed by atoms with E-state index in [1.165, 1.54) is 6.20 Å². The fraction of sp³-hybridized carbons (Fsp3) is 0.263. The topological polar surface area (TPSA) is 74.8 Å². The lowest BCUT2D eigenvalue weighted by atomic mass is 10.0. The number of pyridine rings is 2. The number of nitrogens with zero attached hydrogens (tertiary/aromatic N) is 4. The summed E-state index contributed by atoms with van der Waals surface area (Å²) < 4.78 is 39.6. The predicted molar refractivity (Wildman–Crippen MR) is 95.1 cm³/mol. The molecule has 0 amide bonds.